The lowest BCUT2D eigenvalue weighted by atomic mass is 10.1. The molecule has 3 aliphatic heterocycles. The predicted molar refractivity (Wildman–Crippen MR) is 92.2 cm³/mol. The van der Waals surface area contributed by atoms with Gasteiger partial charge >= 0.3 is 0 Å². The van der Waals surface area contributed by atoms with Gasteiger partial charge in [0.2, 0.25) is 10.0 Å². The Morgan fingerprint density at radius 2 is 1.67 bits per heavy atom. The summed E-state index contributed by atoms with van der Waals surface area (Å²) < 4.78 is 55.0. The highest BCUT2D eigenvalue weighted by Gasteiger charge is 2.33. The standard InChI is InChI=1S/C15H28N2O5S2/c18-23(19)11-3-14(13-23)4-12-24(20,21)17-7-5-16(6-8-17)15-1-9-22-10-2-15/h14-15H,1-13H2. The summed E-state index contributed by atoms with van der Waals surface area (Å²) in [6.45, 7) is 4.25. The van der Waals surface area contributed by atoms with Crippen LogP contribution in [-0.4, -0.2) is 88.7 Å². The highest BCUT2D eigenvalue weighted by atomic mass is 32.2. The van der Waals surface area contributed by atoms with Crippen LogP contribution in [0.25, 0.3) is 0 Å². The Morgan fingerprint density at radius 1 is 1.00 bits per heavy atom. The Bertz CT molecular complexity index is 620. The molecule has 3 rings (SSSR count). The summed E-state index contributed by atoms with van der Waals surface area (Å²) in [5.41, 5.74) is 0. The molecule has 9 heteroatoms. The van der Waals surface area contributed by atoms with Crippen LogP contribution in [0.4, 0.5) is 0 Å². The van der Waals surface area contributed by atoms with Crippen molar-refractivity contribution in [1.82, 2.24) is 9.21 Å². The molecule has 0 aliphatic carbocycles. The van der Waals surface area contributed by atoms with Crippen molar-refractivity contribution in [1.29, 1.82) is 0 Å². The zero-order valence-corrected chi connectivity index (χ0v) is 15.7. The van der Waals surface area contributed by atoms with Crippen LogP contribution in [0.2, 0.25) is 0 Å². The number of sulfone groups is 1. The van der Waals surface area contributed by atoms with Gasteiger partial charge in [0.15, 0.2) is 9.84 Å². The second-order valence-electron chi connectivity index (χ2n) is 7.15. The van der Waals surface area contributed by atoms with E-state index in [9.17, 15) is 16.8 Å². The fourth-order valence-electron chi connectivity index (χ4n) is 3.94. The highest BCUT2D eigenvalue weighted by Crippen LogP contribution is 2.23. The van der Waals surface area contributed by atoms with Crippen molar-refractivity contribution in [3.63, 3.8) is 0 Å². The molecule has 0 amide bonds. The van der Waals surface area contributed by atoms with E-state index in [1.54, 1.807) is 4.31 Å². The van der Waals surface area contributed by atoms with Crippen LogP contribution < -0.4 is 0 Å². The van der Waals surface area contributed by atoms with Gasteiger partial charge in [0.1, 0.15) is 0 Å². The normalized spacial score (nSPS) is 30.6. The number of hydrogen-bond donors (Lipinski definition) is 0. The zero-order chi connectivity index (χ0) is 17.2. The van der Waals surface area contributed by atoms with Crippen LogP contribution in [0.5, 0.6) is 0 Å². The largest absolute Gasteiger partial charge is 0.381 e. The molecular formula is C15H28N2O5S2. The maximum Gasteiger partial charge on any atom is 0.214 e. The van der Waals surface area contributed by atoms with Crippen LogP contribution in [0, 0.1) is 5.92 Å². The van der Waals surface area contributed by atoms with Gasteiger partial charge in [-0.25, -0.2) is 16.8 Å². The zero-order valence-electron chi connectivity index (χ0n) is 14.1. The topological polar surface area (TPSA) is 84.0 Å². The molecule has 0 aromatic carbocycles. The van der Waals surface area contributed by atoms with Crippen molar-refractivity contribution in [2.45, 2.75) is 31.7 Å². The second kappa shape index (κ2) is 7.57. The maximum atomic E-state index is 12.5. The van der Waals surface area contributed by atoms with Crippen LogP contribution in [-0.2, 0) is 24.6 Å². The molecule has 3 heterocycles. The summed E-state index contributed by atoms with van der Waals surface area (Å²) in [5.74, 6) is 0.444. The predicted octanol–water partition coefficient (Wildman–Crippen LogP) is -0.0624. The van der Waals surface area contributed by atoms with E-state index in [4.69, 9.17) is 4.74 Å². The molecule has 7 nitrogen and oxygen atoms in total. The molecule has 1 unspecified atom stereocenters. The lowest BCUT2D eigenvalue weighted by Crippen LogP contribution is -2.53. The molecule has 3 aliphatic rings. The van der Waals surface area contributed by atoms with E-state index in [2.05, 4.69) is 4.90 Å². The van der Waals surface area contributed by atoms with Crippen LogP contribution in [0.1, 0.15) is 25.7 Å². The number of hydrogen-bond acceptors (Lipinski definition) is 6. The molecule has 3 fully saturated rings. The summed E-state index contributed by atoms with van der Waals surface area (Å²) in [7, 11) is -6.21. The van der Waals surface area contributed by atoms with Gasteiger partial charge in [-0.15, -0.1) is 0 Å². The van der Waals surface area contributed by atoms with Crippen LogP contribution >= 0.6 is 0 Å². The number of piperazine rings is 1. The van der Waals surface area contributed by atoms with E-state index in [1.165, 1.54) is 0 Å². The molecule has 3 saturated heterocycles. The number of rotatable bonds is 5. The molecule has 0 spiro atoms. The number of sulfonamides is 1. The van der Waals surface area contributed by atoms with Gasteiger partial charge in [0.05, 0.1) is 17.3 Å². The van der Waals surface area contributed by atoms with E-state index < -0.39 is 19.9 Å². The van der Waals surface area contributed by atoms with Gasteiger partial charge in [0, 0.05) is 45.4 Å². The van der Waals surface area contributed by atoms with Gasteiger partial charge in [-0.05, 0) is 31.6 Å². The Balaban J connectivity index is 1.46. The van der Waals surface area contributed by atoms with Crippen molar-refractivity contribution in [3.05, 3.63) is 0 Å². The smallest absolute Gasteiger partial charge is 0.214 e. The minimum atomic E-state index is -3.28. The molecule has 0 radical (unpaired) electrons. The van der Waals surface area contributed by atoms with E-state index in [-0.39, 0.29) is 23.2 Å². The fourth-order valence-corrected chi connectivity index (χ4v) is 7.46. The quantitative estimate of drug-likeness (QED) is 0.664. The SMILES string of the molecule is O=S1(=O)CCC(CCS(=O)(=O)N2CCN(C3CCOCC3)CC2)C1. The fraction of sp³-hybridized carbons (Fsp3) is 1.00. The van der Waals surface area contributed by atoms with Gasteiger partial charge in [-0.2, -0.15) is 4.31 Å². The maximum absolute atomic E-state index is 12.5. The van der Waals surface area contributed by atoms with Crippen LogP contribution in [0.15, 0.2) is 0 Å². The first kappa shape index (κ1) is 18.6. The molecule has 1 atom stereocenters. The molecule has 24 heavy (non-hydrogen) atoms. The summed E-state index contributed by atoms with van der Waals surface area (Å²) in [6, 6.07) is 0.521. The van der Waals surface area contributed by atoms with Crippen molar-refractivity contribution < 1.29 is 21.6 Å². The molecule has 0 aromatic heterocycles. The van der Waals surface area contributed by atoms with Crippen LogP contribution in [0.3, 0.4) is 0 Å². The van der Waals surface area contributed by atoms with E-state index >= 15 is 0 Å². The summed E-state index contributed by atoms with van der Waals surface area (Å²) in [6.07, 6.45) is 3.13. The Kier molecular flexibility index (Phi) is 5.86. The molecule has 0 N–H and O–H groups in total. The van der Waals surface area contributed by atoms with E-state index in [0.717, 1.165) is 39.1 Å². The third-order valence-corrected chi connectivity index (χ3v) is 9.23. The lowest BCUT2D eigenvalue weighted by molar-refractivity contribution is 0.0229. The first-order valence-corrected chi connectivity index (χ1v) is 12.3. The highest BCUT2D eigenvalue weighted by molar-refractivity contribution is 7.91. The van der Waals surface area contributed by atoms with Crippen molar-refractivity contribution in [2.24, 2.45) is 5.92 Å². The lowest BCUT2D eigenvalue weighted by Gasteiger charge is -2.40. The van der Waals surface area contributed by atoms with Gasteiger partial charge in [0.25, 0.3) is 0 Å². The summed E-state index contributed by atoms with van der Waals surface area (Å²) in [4.78, 5) is 2.39. The van der Waals surface area contributed by atoms with E-state index in [1.807, 2.05) is 0 Å². The first-order chi connectivity index (χ1) is 11.4. The van der Waals surface area contributed by atoms with Crippen molar-refractivity contribution in [2.75, 3.05) is 56.7 Å². The summed E-state index contributed by atoms with van der Waals surface area (Å²) in [5, 5.41) is 0. The molecule has 140 valence electrons. The monoisotopic (exact) mass is 380 g/mol. The minimum Gasteiger partial charge on any atom is -0.381 e. The number of nitrogens with zero attached hydrogens (tertiary/aromatic N) is 2. The molecule has 0 bridgehead atoms. The summed E-state index contributed by atoms with van der Waals surface area (Å²) >= 11 is 0. The van der Waals surface area contributed by atoms with Gasteiger partial charge < -0.3 is 4.74 Å². The molecular weight excluding hydrogens is 352 g/mol. The van der Waals surface area contributed by atoms with E-state index in [0.29, 0.717) is 32.0 Å². The average molecular weight is 381 g/mol. The van der Waals surface area contributed by atoms with Crippen molar-refractivity contribution >= 4 is 19.9 Å². The minimum absolute atomic E-state index is 0.00769. The molecule has 0 aromatic rings. The number of ether oxygens (including phenoxy) is 1. The first-order valence-electron chi connectivity index (χ1n) is 8.86. The second-order valence-corrected chi connectivity index (χ2v) is 11.5. The third-order valence-electron chi connectivity index (χ3n) is 5.48. The average Bonchev–Trinajstić information content (AvgIpc) is 2.93. The Labute approximate surface area is 145 Å². The third kappa shape index (κ3) is 4.69. The Hall–Kier alpha value is -0.220. The van der Waals surface area contributed by atoms with Gasteiger partial charge in [-0.3, -0.25) is 4.90 Å². The van der Waals surface area contributed by atoms with Gasteiger partial charge in [-0.1, -0.05) is 0 Å². The molecule has 0 saturated carbocycles. The van der Waals surface area contributed by atoms with Crippen molar-refractivity contribution in [3.8, 4) is 0 Å². The Morgan fingerprint density at radius 3 is 2.25 bits per heavy atom.